The fourth-order valence-corrected chi connectivity index (χ4v) is 3.18. The molecule has 0 spiro atoms. The summed E-state index contributed by atoms with van der Waals surface area (Å²) in [7, 11) is 0. The maximum atomic E-state index is 13.6. The molecule has 0 atom stereocenters. The van der Waals surface area contributed by atoms with Gasteiger partial charge in [-0.2, -0.15) is 5.26 Å². The van der Waals surface area contributed by atoms with E-state index in [4.69, 9.17) is 4.74 Å². The van der Waals surface area contributed by atoms with Gasteiger partial charge in [-0.3, -0.25) is 9.36 Å². The van der Waals surface area contributed by atoms with E-state index in [1.165, 1.54) is 22.9 Å². The summed E-state index contributed by atoms with van der Waals surface area (Å²) in [5, 5.41) is 12.0. The summed E-state index contributed by atoms with van der Waals surface area (Å²) in [6.07, 6.45) is 1.36. The summed E-state index contributed by atoms with van der Waals surface area (Å²) in [5.74, 6) is -1.23. The fraction of sp³-hybridized carbons (Fsp3) is 0.235. The third-order valence-electron chi connectivity index (χ3n) is 3.26. The lowest BCUT2D eigenvalue weighted by Crippen LogP contribution is -2.32. The number of esters is 1. The van der Waals surface area contributed by atoms with E-state index in [2.05, 4.69) is 5.32 Å². The smallest absolute Gasteiger partial charge is 0.351 e. The van der Waals surface area contributed by atoms with Crippen molar-refractivity contribution in [2.45, 2.75) is 20.4 Å². The van der Waals surface area contributed by atoms with Crippen molar-refractivity contribution < 1.29 is 13.9 Å². The molecule has 1 aromatic carbocycles. The zero-order valence-electron chi connectivity index (χ0n) is 13.7. The van der Waals surface area contributed by atoms with Crippen LogP contribution in [0.2, 0.25) is 0 Å². The highest BCUT2D eigenvalue weighted by atomic mass is 32.1. The van der Waals surface area contributed by atoms with Crippen molar-refractivity contribution in [3.8, 4) is 6.07 Å². The number of rotatable bonds is 5. The Balaban J connectivity index is 2.60. The van der Waals surface area contributed by atoms with Gasteiger partial charge >= 0.3 is 5.97 Å². The van der Waals surface area contributed by atoms with Gasteiger partial charge in [0.05, 0.1) is 12.3 Å². The van der Waals surface area contributed by atoms with Crippen molar-refractivity contribution in [2.75, 3.05) is 11.9 Å². The summed E-state index contributed by atoms with van der Waals surface area (Å²) in [5.41, 5.74) is -0.380. The first-order valence-corrected chi connectivity index (χ1v) is 8.37. The number of carbonyl (C=O) groups is 1. The second-order valence-corrected chi connectivity index (χ2v) is 5.83. The summed E-state index contributed by atoms with van der Waals surface area (Å²) in [4.78, 5) is 24.4. The Kier molecular flexibility index (Phi) is 6.08. The third kappa shape index (κ3) is 3.95. The number of carbonyl (C=O) groups excluding carboxylic acids is 1. The minimum absolute atomic E-state index is 0.125. The molecule has 0 fully saturated rings. The summed E-state index contributed by atoms with van der Waals surface area (Å²) in [6, 6.07) is 7.84. The lowest BCUT2D eigenvalue weighted by Gasteiger charge is -2.00. The maximum absolute atomic E-state index is 13.6. The molecule has 0 aliphatic rings. The quantitative estimate of drug-likeness (QED) is 0.808. The van der Waals surface area contributed by atoms with E-state index in [9.17, 15) is 19.2 Å². The Morgan fingerprint density at radius 3 is 2.76 bits per heavy atom. The van der Waals surface area contributed by atoms with Crippen LogP contribution >= 0.6 is 11.3 Å². The topological polar surface area (TPSA) is 84.1 Å². The number of nitrogens with zero attached hydrogens (tertiary/aromatic N) is 2. The zero-order valence-corrected chi connectivity index (χ0v) is 14.5. The largest absolute Gasteiger partial charge is 0.462 e. The predicted molar refractivity (Wildman–Crippen MR) is 93.6 cm³/mol. The Morgan fingerprint density at radius 1 is 1.44 bits per heavy atom. The predicted octanol–water partition coefficient (Wildman–Crippen LogP) is 1.16. The van der Waals surface area contributed by atoms with Crippen LogP contribution in [0.4, 0.5) is 10.1 Å². The lowest BCUT2D eigenvalue weighted by molar-refractivity contribution is -0.136. The van der Waals surface area contributed by atoms with Gasteiger partial charge < -0.3 is 10.1 Å². The zero-order chi connectivity index (χ0) is 18.4. The van der Waals surface area contributed by atoms with Crippen molar-refractivity contribution in [1.29, 1.82) is 5.26 Å². The number of hydrogen-bond donors (Lipinski definition) is 1. The van der Waals surface area contributed by atoms with Crippen molar-refractivity contribution in [3.05, 3.63) is 49.6 Å². The van der Waals surface area contributed by atoms with Crippen molar-refractivity contribution in [3.63, 3.8) is 0 Å². The van der Waals surface area contributed by atoms with Crippen LogP contribution in [0.5, 0.6) is 0 Å². The summed E-state index contributed by atoms with van der Waals surface area (Å²) < 4.78 is 20.3. The number of benzene rings is 1. The first-order valence-electron chi connectivity index (χ1n) is 7.55. The molecule has 1 N–H and O–H groups in total. The molecule has 6 nitrogen and oxygen atoms in total. The molecule has 2 aromatic rings. The Hall–Kier alpha value is -2.92. The van der Waals surface area contributed by atoms with Crippen molar-refractivity contribution in [1.82, 2.24) is 4.57 Å². The number of anilines is 1. The molecule has 1 aromatic heterocycles. The van der Waals surface area contributed by atoms with Gasteiger partial charge in [-0.25, -0.2) is 9.18 Å². The molecule has 0 amide bonds. The number of thiazole rings is 1. The third-order valence-corrected chi connectivity index (χ3v) is 4.39. The number of para-hydroxylation sites is 1. The van der Waals surface area contributed by atoms with Gasteiger partial charge in [-0.05, 0) is 26.0 Å². The standard InChI is InChI=1S/C17H16FN3O3S/c1-3-21-15(22)14(10-20-13-8-6-5-7-12(13)18)25-16(21)11(9-19)17(23)24-4-2/h5-8,10,20H,3-4H2,1-2H3/b14-10-,16-11-. The number of nitrogens with one attached hydrogen (secondary N) is 1. The minimum atomic E-state index is -0.776. The van der Waals surface area contributed by atoms with E-state index in [0.29, 0.717) is 0 Å². The normalized spacial score (nSPS) is 12.5. The Bertz CT molecular complexity index is 1000. The molecular weight excluding hydrogens is 345 g/mol. The number of ether oxygens (including phenoxy) is 1. The van der Waals surface area contributed by atoms with Gasteiger partial charge in [-0.15, -0.1) is 11.3 Å². The van der Waals surface area contributed by atoms with E-state index in [0.717, 1.165) is 11.3 Å². The monoisotopic (exact) mass is 361 g/mol. The lowest BCUT2D eigenvalue weighted by atomic mass is 10.3. The molecule has 8 heteroatoms. The van der Waals surface area contributed by atoms with Crippen LogP contribution in [0.1, 0.15) is 13.8 Å². The van der Waals surface area contributed by atoms with Crippen molar-refractivity contribution in [2.24, 2.45) is 0 Å². The molecule has 2 rings (SSSR count). The Labute approximate surface area is 147 Å². The van der Waals surface area contributed by atoms with Gasteiger partial charge in [-0.1, -0.05) is 12.1 Å². The highest BCUT2D eigenvalue weighted by molar-refractivity contribution is 7.07. The molecule has 0 saturated carbocycles. The second kappa shape index (κ2) is 8.26. The van der Waals surface area contributed by atoms with E-state index in [1.807, 2.05) is 0 Å². The number of halogens is 1. The van der Waals surface area contributed by atoms with Gasteiger partial charge in [0, 0.05) is 12.7 Å². The number of nitriles is 1. The molecule has 1 heterocycles. The average Bonchev–Trinajstić information content (AvgIpc) is 2.91. The molecule has 0 unspecified atom stereocenters. The molecule has 0 saturated heterocycles. The molecule has 25 heavy (non-hydrogen) atoms. The molecule has 0 radical (unpaired) electrons. The van der Waals surface area contributed by atoms with Crippen LogP contribution in [0.3, 0.4) is 0 Å². The molecule has 0 aliphatic carbocycles. The fourth-order valence-electron chi connectivity index (χ4n) is 2.10. The number of hydrogen-bond acceptors (Lipinski definition) is 6. The first kappa shape index (κ1) is 18.4. The highest BCUT2D eigenvalue weighted by Gasteiger charge is 2.16. The molecule has 130 valence electrons. The molecule has 0 aliphatic heterocycles. The van der Waals surface area contributed by atoms with E-state index < -0.39 is 11.8 Å². The minimum Gasteiger partial charge on any atom is -0.462 e. The van der Waals surface area contributed by atoms with Gasteiger partial charge in [0.1, 0.15) is 21.1 Å². The SMILES string of the molecule is CCOC(=O)/C(C#N)=c1\s/c(=C\Nc2ccccc2F)c(=O)n1CC. The summed E-state index contributed by atoms with van der Waals surface area (Å²) in [6.45, 7) is 3.76. The highest BCUT2D eigenvalue weighted by Crippen LogP contribution is 2.11. The van der Waals surface area contributed by atoms with Crippen LogP contribution in [0.25, 0.3) is 11.8 Å². The van der Waals surface area contributed by atoms with Gasteiger partial charge in [0.25, 0.3) is 5.56 Å². The van der Waals surface area contributed by atoms with Crippen LogP contribution < -0.4 is 20.1 Å². The Morgan fingerprint density at radius 2 is 2.16 bits per heavy atom. The summed E-state index contributed by atoms with van der Waals surface area (Å²) >= 11 is 0.972. The molecular formula is C17H16FN3O3S. The maximum Gasteiger partial charge on any atom is 0.351 e. The van der Waals surface area contributed by atoms with Crippen LogP contribution in [0, 0.1) is 17.1 Å². The van der Waals surface area contributed by atoms with Crippen LogP contribution in [-0.4, -0.2) is 17.1 Å². The van der Waals surface area contributed by atoms with E-state index >= 15 is 0 Å². The van der Waals surface area contributed by atoms with Crippen LogP contribution in [0.15, 0.2) is 29.1 Å². The van der Waals surface area contributed by atoms with Gasteiger partial charge in [0.2, 0.25) is 0 Å². The van der Waals surface area contributed by atoms with Gasteiger partial charge in [0.15, 0.2) is 5.57 Å². The van der Waals surface area contributed by atoms with Crippen molar-refractivity contribution >= 4 is 34.8 Å². The second-order valence-electron chi connectivity index (χ2n) is 4.80. The van der Waals surface area contributed by atoms with E-state index in [1.54, 1.807) is 32.0 Å². The van der Waals surface area contributed by atoms with Crippen LogP contribution in [-0.2, 0) is 16.1 Å². The van der Waals surface area contributed by atoms with E-state index in [-0.39, 0.29) is 39.2 Å². The first-order chi connectivity index (χ1) is 12.0. The number of aromatic nitrogens is 1. The molecule has 0 bridgehead atoms. The average molecular weight is 361 g/mol.